The highest BCUT2D eigenvalue weighted by atomic mass is 32.1. The molecular weight excluding hydrogens is 236 g/mol. The Balaban J connectivity index is 1.95. The van der Waals surface area contributed by atoms with E-state index < -0.39 is 0 Å². The molecule has 1 heterocycles. The fraction of sp³-hybridized carbons (Fsp3) is 0.167. The number of rotatable bonds is 4. The lowest BCUT2D eigenvalue weighted by atomic mass is 10.3. The van der Waals surface area contributed by atoms with Gasteiger partial charge in [-0.25, -0.2) is 4.98 Å². The Morgan fingerprint density at radius 2 is 2.00 bits per heavy atom. The smallest absolute Gasteiger partial charge is 0.140 e. The Kier molecular flexibility index (Phi) is 3.58. The van der Waals surface area contributed by atoms with Crippen LogP contribution in [0.25, 0.3) is 0 Å². The number of ether oxygens (including phenoxy) is 2. The molecule has 0 atom stereocenters. The summed E-state index contributed by atoms with van der Waals surface area (Å²) < 4.78 is 10.6. The van der Waals surface area contributed by atoms with E-state index in [1.807, 2.05) is 30.3 Å². The maximum atomic E-state index is 8.66. The first kappa shape index (κ1) is 11.4. The second kappa shape index (κ2) is 5.32. The Hall–Kier alpha value is -2.06. The highest BCUT2D eigenvalue weighted by Gasteiger charge is 2.02. The van der Waals surface area contributed by atoms with E-state index in [4.69, 9.17) is 14.7 Å². The standard InChI is InChI=1S/C12H10N2O2S/c1-15-9-2-4-10(5-3-9)16-8-12-14-7-11(6-13)17-12/h2-5,7H,8H2,1H3. The average molecular weight is 246 g/mol. The molecule has 0 unspecified atom stereocenters. The van der Waals surface area contributed by atoms with Gasteiger partial charge in [-0.2, -0.15) is 5.26 Å². The van der Waals surface area contributed by atoms with E-state index in [1.54, 1.807) is 13.3 Å². The number of hydrogen-bond donors (Lipinski definition) is 0. The average Bonchev–Trinajstić information content (AvgIpc) is 2.85. The van der Waals surface area contributed by atoms with Crippen LogP contribution in [-0.2, 0) is 6.61 Å². The molecule has 0 saturated heterocycles. The molecule has 0 N–H and O–H groups in total. The molecule has 0 aliphatic carbocycles. The molecule has 4 nitrogen and oxygen atoms in total. The van der Waals surface area contributed by atoms with Gasteiger partial charge in [-0.05, 0) is 24.3 Å². The lowest BCUT2D eigenvalue weighted by molar-refractivity contribution is 0.305. The second-order valence-electron chi connectivity index (χ2n) is 3.19. The SMILES string of the molecule is COc1ccc(OCc2ncc(C#N)s2)cc1. The van der Waals surface area contributed by atoms with E-state index in [9.17, 15) is 0 Å². The van der Waals surface area contributed by atoms with Crippen molar-refractivity contribution >= 4 is 11.3 Å². The molecule has 5 heteroatoms. The van der Waals surface area contributed by atoms with Gasteiger partial charge in [-0.15, -0.1) is 11.3 Å². The lowest BCUT2D eigenvalue weighted by Gasteiger charge is -2.04. The van der Waals surface area contributed by atoms with Gasteiger partial charge in [0.15, 0.2) is 0 Å². The number of hydrogen-bond acceptors (Lipinski definition) is 5. The number of nitrogens with zero attached hydrogens (tertiary/aromatic N) is 2. The van der Waals surface area contributed by atoms with Crippen molar-refractivity contribution in [3.8, 4) is 17.6 Å². The van der Waals surface area contributed by atoms with E-state index in [-0.39, 0.29) is 0 Å². The van der Waals surface area contributed by atoms with Crippen LogP contribution in [0.4, 0.5) is 0 Å². The quantitative estimate of drug-likeness (QED) is 0.832. The Labute approximate surface area is 103 Å². The normalized spacial score (nSPS) is 9.65. The molecule has 0 radical (unpaired) electrons. The Bertz CT molecular complexity index is 528. The van der Waals surface area contributed by atoms with Crippen molar-refractivity contribution in [2.45, 2.75) is 6.61 Å². The summed E-state index contributed by atoms with van der Waals surface area (Å²) in [5.41, 5.74) is 0. The van der Waals surface area contributed by atoms with Crippen molar-refractivity contribution in [2.75, 3.05) is 7.11 Å². The van der Waals surface area contributed by atoms with Crippen LogP contribution >= 0.6 is 11.3 Å². The van der Waals surface area contributed by atoms with Gasteiger partial charge in [0.05, 0.1) is 13.3 Å². The van der Waals surface area contributed by atoms with Gasteiger partial charge in [-0.3, -0.25) is 0 Å². The molecule has 0 aliphatic heterocycles. The maximum absolute atomic E-state index is 8.66. The van der Waals surface area contributed by atoms with Crippen molar-refractivity contribution in [1.82, 2.24) is 4.98 Å². The topological polar surface area (TPSA) is 55.1 Å². The lowest BCUT2D eigenvalue weighted by Crippen LogP contribution is -1.94. The molecule has 1 aromatic carbocycles. The molecule has 17 heavy (non-hydrogen) atoms. The zero-order valence-corrected chi connectivity index (χ0v) is 10.0. The molecule has 0 fully saturated rings. The number of benzene rings is 1. The van der Waals surface area contributed by atoms with E-state index in [0.29, 0.717) is 11.5 Å². The molecule has 2 aromatic rings. The van der Waals surface area contributed by atoms with E-state index >= 15 is 0 Å². The second-order valence-corrected chi connectivity index (χ2v) is 4.31. The first-order chi connectivity index (χ1) is 8.31. The van der Waals surface area contributed by atoms with Crippen molar-refractivity contribution in [3.05, 3.63) is 40.3 Å². The van der Waals surface area contributed by atoms with E-state index in [2.05, 4.69) is 4.98 Å². The molecule has 0 saturated carbocycles. The minimum absolute atomic E-state index is 0.374. The van der Waals surface area contributed by atoms with Gasteiger partial charge < -0.3 is 9.47 Å². The summed E-state index contributed by atoms with van der Waals surface area (Å²) in [6.45, 7) is 0.374. The predicted molar refractivity (Wildman–Crippen MR) is 64.2 cm³/mol. The fourth-order valence-electron chi connectivity index (χ4n) is 1.25. The van der Waals surface area contributed by atoms with Gasteiger partial charge in [-0.1, -0.05) is 0 Å². The molecular formula is C12H10N2O2S. The molecule has 0 aliphatic rings. The van der Waals surface area contributed by atoms with Crippen LogP contribution < -0.4 is 9.47 Å². The van der Waals surface area contributed by atoms with Gasteiger partial charge in [0.2, 0.25) is 0 Å². The predicted octanol–water partition coefficient (Wildman–Crippen LogP) is 2.60. The first-order valence-electron chi connectivity index (χ1n) is 4.93. The Morgan fingerprint density at radius 3 is 2.59 bits per heavy atom. The van der Waals surface area contributed by atoms with Crippen molar-refractivity contribution in [3.63, 3.8) is 0 Å². The summed E-state index contributed by atoms with van der Waals surface area (Å²) in [5, 5.41) is 9.45. The van der Waals surface area contributed by atoms with Crippen LogP contribution in [0.15, 0.2) is 30.5 Å². The van der Waals surface area contributed by atoms with Crippen LogP contribution in [0, 0.1) is 11.3 Å². The number of methoxy groups -OCH3 is 1. The molecule has 0 spiro atoms. The van der Waals surface area contributed by atoms with Gasteiger partial charge in [0.1, 0.15) is 34.1 Å². The summed E-state index contributed by atoms with van der Waals surface area (Å²) in [7, 11) is 1.62. The summed E-state index contributed by atoms with van der Waals surface area (Å²) >= 11 is 1.34. The molecule has 2 rings (SSSR count). The van der Waals surface area contributed by atoms with Crippen molar-refractivity contribution < 1.29 is 9.47 Å². The van der Waals surface area contributed by atoms with Crippen LogP contribution in [0.3, 0.4) is 0 Å². The highest BCUT2D eigenvalue weighted by molar-refractivity contribution is 7.12. The van der Waals surface area contributed by atoms with Crippen LogP contribution in [0.1, 0.15) is 9.88 Å². The molecule has 86 valence electrons. The zero-order valence-electron chi connectivity index (χ0n) is 9.21. The van der Waals surface area contributed by atoms with Gasteiger partial charge in [0, 0.05) is 0 Å². The van der Waals surface area contributed by atoms with Gasteiger partial charge >= 0.3 is 0 Å². The van der Waals surface area contributed by atoms with Crippen molar-refractivity contribution in [2.24, 2.45) is 0 Å². The minimum Gasteiger partial charge on any atom is -0.497 e. The minimum atomic E-state index is 0.374. The number of thiazole rings is 1. The summed E-state index contributed by atoms with van der Waals surface area (Å²) in [6.07, 6.45) is 1.55. The van der Waals surface area contributed by atoms with E-state index in [1.165, 1.54) is 11.3 Å². The maximum Gasteiger partial charge on any atom is 0.140 e. The van der Waals surface area contributed by atoms with Crippen LogP contribution in [0.5, 0.6) is 11.5 Å². The van der Waals surface area contributed by atoms with Crippen LogP contribution in [-0.4, -0.2) is 12.1 Å². The van der Waals surface area contributed by atoms with Crippen molar-refractivity contribution in [1.29, 1.82) is 5.26 Å². The summed E-state index contributed by atoms with van der Waals surface area (Å²) in [5.74, 6) is 1.54. The fourth-order valence-corrected chi connectivity index (χ4v) is 1.87. The Morgan fingerprint density at radius 1 is 1.29 bits per heavy atom. The summed E-state index contributed by atoms with van der Waals surface area (Å²) in [4.78, 5) is 4.68. The number of aromatic nitrogens is 1. The third-order valence-electron chi connectivity index (χ3n) is 2.09. The molecule has 0 bridgehead atoms. The monoisotopic (exact) mass is 246 g/mol. The highest BCUT2D eigenvalue weighted by Crippen LogP contribution is 2.19. The molecule has 0 amide bonds. The zero-order chi connectivity index (χ0) is 12.1. The first-order valence-corrected chi connectivity index (χ1v) is 5.75. The largest absolute Gasteiger partial charge is 0.497 e. The summed E-state index contributed by atoms with van der Waals surface area (Å²) in [6, 6.07) is 9.37. The number of nitriles is 1. The van der Waals surface area contributed by atoms with E-state index in [0.717, 1.165) is 16.5 Å². The third kappa shape index (κ3) is 2.95. The third-order valence-corrected chi connectivity index (χ3v) is 2.96. The van der Waals surface area contributed by atoms with Crippen LogP contribution in [0.2, 0.25) is 0 Å². The molecule has 1 aromatic heterocycles. The van der Waals surface area contributed by atoms with Gasteiger partial charge in [0.25, 0.3) is 0 Å².